The van der Waals surface area contributed by atoms with Gasteiger partial charge in [0.1, 0.15) is 5.75 Å². The van der Waals surface area contributed by atoms with Crippen LogP contribution in [0.2, 0.25) is 0 Å². The van der Waals surface area contributed by atoms with Gasteiger partial charge >= 0.3 is 0 Å². The molecule has 0 radical (unpaired) electrons. The molecule has 2 heterocycles. The number of ether oxygens (including phenoxy) is 1. The minimum atomic E-state index is -0.142. The van der Waals surface area contributed by atoms with Crippen molar-refractivity contribution in [2.45, 2.75) is 25.4 Å². The SMILES string of the molecule is C[C@H](C(=O)N[C@H]1CCOc2ccccc21)N1CCN(CCO)CC1. The van der Waals surface area contributed by atoms with Gasteiger partial charge in [-0.05, 0) is 13.0 Å². The average molecular weight is 333 g/mol. The van der Waals surface area contributed by atoms with Crippen LogP contribution in [0.25, 0.3) is 0 Å². The van der Waals surface area contributed by atoms with Gasteiger partial charge < -0.3 is 15.2 Å². The first-order chi connectivity index (χ1) is 11.7. The molecule has 2 N–H and O–H groups in total. The zero-order chi connectivity index (χ0) is 16.9. The zero-order valence-corrected chi connectivity index (χ0v) is 14.3. The van der Waals surface area contributed by atoms with E-state index in [0.29, 0.717) is 13.2 Å². The summed E-state index contributed by atoms with van der Waals surface area (Å²) < 4.78 is 5.66. The van der Waals surface area contributed by atoms with Gasteiger partial charge in [0.25, 0.3) is 0 Å². The molecule has 0 aromatic heterocycles. The van der Waals surface area contributed by atoms with E-state index in [1.165, 1.54) is 0 Å². The number of hydrogen-bond acceptors (Lipinski definition) is 5. The highest BCUT2D eigenvalue weighted by atomic mass is 16.5. The summed E-state index contributed by atoms with van der Waals surface area (Å²) in [6.07, 6.45) is 0.805. The van der Waals surface area contributed by atoms with Crippen LogP contribution in [0, 0.1) is 0 Å². The lowest BCUT2D eigenvalue weighted by Gasteiger charge is -2.37. The van der Waals surface area contributed by atoms with E-state index < -0.39 is 0 Å². The van der Waals surface area contributed by atoms with Crippen LogP contribution in [0.15, 0.2) is 24.3 Å². The first-order valence-electron chi connectivity index (χ1n) is 8.78. The monoisotopic (exact) mass is 333 g/mol. The Balaban J connectivity index is 1.56. The number of benzene rings is 1. The van der Waals surface area contributed by atoms with Gasteiger partial charge in [0, 0.05) is 44.7 Å². The fraction of sp³-hybridized carbons (Fsp3) is 0.611. The summed E-state index contributed by atoms with van der Waals surface area (Å²) in [6.45, 7) is 7.04. The zero-order valence-electron chi connectivity index (χ0n) is 14.3. The van der Waals surface area contributed by atoms with E-state index >= 15 is 0 Å². The van der Waals surface area contributed by atoms with Crippen LogP contribution in [0.4, 0.5) is 0 Å². The Morgan fingerprint density at radius 3 is 2.83 bits per heavy atom. The van der Waals surface area contributed by atoms with Gasteiger partial charge in [0.2, 0.25) is 5.91 Å². The summed E-state index contributed by atoms with van der Waals surface area (Å²) in [5.74, 6) is 0.951. The predicted molar refractivity (Wildman–Crippen MR) is 92.0 cm³/mol. The average Bonchev–Trinajstić information content (AvgIpc) is 2.62. The number of nitrogens with zero attached hydrogens (tertiary/aromatic N) is 2. The second-order valence-electron chi connectivity index (χ2n) is 6.51. The van der Waals surface area contributed by atoms with E-state index in [9.17, 15) is 4.79 Å². The summed E-state index contributed by atoms with van der Waals surface area (Å²) in [4.78, 5) is 17.1. The van der Waals surface area contributed by atoms with Crippen molar-refractivity contribution in [2.24, 2.45) is 0 Å². The molecule has 1 aromatic rings. The van der Waals surface area contributed by atoms with Gasteiger partial charge in [-0.1, -0.05) is 18.2 Å². The molecule has 1 amide bonds. The Morgan fingerprint density at radius 2 is 2.08 bits per heavy atom. The van der Waals surface area contributed by atoms with Crippen LogP contribution in [0.3, 0.4) is 0 Å². The van der Waals surface area contributed by atoms with Crippen molar-refractivity contribution in [3.63, 3.8) is 0 Å². The van der Waals surface area contributed by atoms with Crippen molar-refractivity contribution in [1.82, 2.24) is 15.1 Å². The van der Waals surface area contributed by atoms with Crippen LogP contribution in [-0.4, -0.2) is 72.8 Å². The van der Waals surface area contributed by atoms with Crippen LogP contribution in [0.5, 0.6) is 5.75 Å². The van der Waals surface area contributed by atoms with Crippen LogP contribution >= 0.6 is 0 Å². The van der Waals surface area contributed by atoms with E-state index in [1.54, 1.807) is 0 Å². The molecule has 3 rings (SSSR count). The minimum absolute atomic E-state index is 0.0283. The Labute approximate surface area is 143 Å². The molecule has 2 atom stereocenters. The van der Waals surface area contributed by atoms with Gasteiger partial charge in [-0.15, -0.1) is 0 Å². The molecule has 2 aliphatic heterocycles. The topological polar surface area (TPSA) is 65.0 Å². The minimum Gasteiger partial charge on any atom is -0.493 e. The molecule has 24 heavy (non-hydrogen) atoms. The highest BCUT2D eigenvalue weighted by molar-refractivity contribution is 5.82. The highest BCUT2D eigenvalue weighted by Crippen LogP contribution is 2.31. The fourth-order valence-corrected chi connectivity index (χ4v) is 3.47. The first-order valence-corrected chi connectivity index (χ1v) is 8.78. The largest absolute Gasteiger partial charge is 0.493 e. The number of aliphatic hydroxyl groups is 1. The Hall–Kier alpha value is -1.63. The maximum absolute atomic E-state index is 12.7. The maximum atomic E-state index is 12.7. The van der Waals surface area contributed by atoms with Crippen LogP contribution in [-0.2, 0) is 4.79 Å². The number of para-hydroxylation sites is 1. The number of rotatable bonds is 5. The van der Waals surface area contributed by atoms with E-state index in [0.717, 1.165) is 43.9 Å². The first kappa shape index (κ1) is 17.2. The molecule has 0 aliphatic carbocycles. The molecule has 6 nitrogen and oxygen atoms in total. The van der Waals surface area contributed by atoms with Gasteiger partial charge in [0.05, 0.1) is 25.3 Å². The van der Waals surface area contributed by atoms with Crippen molar-refractivity contribution >= 4 is 5.91 Å². The number of fused-ring (bicyclic) bond motifs is 1. The number of β-amino-alcohol motifs (C(OH)–C–C–N with tert-alkyl or cyclic N) is 1. The standard InChI is InChI=1S/C18H27N3O3/c1-14(21-9-7-20(8-10-21)11-12-22)18(23)19-16-6-13-24-17-5-3-2-4-15(16)17/h2-5,14,16,22H,6-13H2,1H3,(H,19,23)/t14-,16+/m1/s1. The number of piperazine rings is 1. The summed E-state index contributed by atoms with van der Waals surface area (Å²) in [7, 11) is 0. The van der Waals surface area contributed by atoms with Gasteiger partial charge in [0.15, 0.2) is 0 Å². The molecule has 0 unspecified atom stereocenters. The van der Waals surface area contributed by atoms with E-state index in [1.807, 2.05) is 31.2 Å². The lowest BCUT2D eigenvalue weighted by molar-refractivity contribution is -0.127. The predicted octanol–water partition coefficient (Wildman–Crippen LogP) is 0.625. The second kappa shape index (κ2) is 7.96. The third-order valence-electron chi connectivity index (χ3n) is 5.03. The molecule has 1 fully saturated rings. The maximum Gasteiger partial charge on any atom is 0.237 e. The normalized spacial score (nSPS) is 23.2. The van der Waals surface area contributed by atoms with E-state index in [-0.39, 0.29) is 24.6 Å². The Morgan fingerprint density at radius 1 is 1.33 bits per heavy atom. The second-order valence-corrected chi connectivity index (χ2v) is 6.51. The number of amides is 1. The number of carbonyl (C=O) groups excluding carboxylic acids is 1. The van der Waals surface area contributed by atoms with Gasteiger partial charge in [-0.2, -0.15) is 0 Å². The van der Waals surface area contributed by atoms with Crippen molar-refractivity contribution in [1.29, 1.82) is 0 Å². The van der Waals surface area contributed by atoms with E-state index in [2.05, 4.69) is 15.1 Å². The highest BCUT2D eigenvalue weighted by Gasteiger charge is 2.29. The number of aliphatic hydroxyl groups excluding tert-OH is 1. The van der Waals surface area contributed by atoms with Crippen molar-refractivity contribution in [2.75, 3.05) is 45.9 Å². The molecular formula is C18H27N3O3. The molecule has 0 saturated carbocycles. The molecule has 0 bridgehead atoms. The van der Waals surface area contributed by atoms with Crippen molar-refractivity contribution < 1.29 is 14.6 Å². The molecule has 132 valence electrons. The summed E-state index contributed by atoms with van der Waals surface area (Å²) in [5, 5.41) is 12.2. The third kappa shape index (κ3) is 3.88. The van der Waals surface area contributed by atoms with Crippen molar-refractivity contribution in [3.05, 3.63) is 29.8 Å². The van der Waals surface area contributed by atoms with Gasteiger partial charge in [-0.3, -0.25) is 14.6 Å². The lowest BCUT2D eigenvalue weighted by atomic mass is 10.00. The smallest absolute Gasteiger partial charge is 0.237 e. The fourth-order valence-electron chi connectivity index (χ4n) is 3.47. The third-order valence-corrected chi connectivity index (χ3v) is 5.03. The summed E-state index contributed by atoms with van der Waals surface area (Å²) >= 11 is 0. The van der Waals surface area contributed by atoms with Crippen LogP contribution in [0.1, 0.15) is 24.9 Å². The molecule has 6 heteroatoms. The van der Waals surface area contributed by atoms with Crippen molar-refractivity contribution in [3.8, 4) is 5.75 Å². The molecule has 1 saturated heterocycles. The molecule has 1 aromatic carbocycles. The number of nitrogens with one attached hydrogen (secondary N) is 1. The molecule has 2 aliphatic rings. The summed E-state index contributed by atoms with van der Waals surface area (Å²) in [5.41, 5.74) is 1.07. The molecular weight excluding hydrogens is 306 g/mol. The number of hydrogen-bond donors (Lipinski definition) is 2. The van der Waals surface area contributed by atoms with Crippen LogP contribution < -0.4 is 10.1 Å². The molecule has 0 spiro atoms. The lowest BCUT2D eigenvalue weighted by Crippen LogP contribution is -2.54. The summed E-state index contributed by atoms with van der Waals surface area (Å²) in [6, 6.07) is 7.81. The Bertz CT molecular complexity index is 558. The van der Waals surface area contributed by atoms with Gasteiger partial charge in [-0.25, -0.2) is 0 Å². The number of carbonyl (C=O) groups is 1. The van der Waals surface area contributed by atoms with E-state index in [4.69, 9.17) is 9.84 Å². The Kier molecular flexibility index (Phi) is 5.71. The quantitative estimate of drug-likeness (QED) is 0.827.